The molecule has 0 aliphatic rings. The number of fused-ring (bicyclic) bond motifs is 3. The molecule has 0 bridgehead atoms. The van der Waals surface area contributed by atoms with Crippen molar-refractivity contribution >= 4 is 44.1 Å². The molecule has 2 N–H and O–H groups in total. The smallest absolute Gasteiger partial charge is 0.423 e. The van der Waals surface area contributed by atoms with Crippen LogP contribution in [0.15, 0.2) is 42.3 Å². The van der Waals surface area contributed by atoms with Crippen LogP contribution in [-0.2, 0) is 0 Å². The van der Waals surface area contributed by atoms with Gasteiger partial charge >= 0.3 is 7.12 Å². The van der Waals surface area contributed by atoms with Crippen LogP contribution in [0.1, 0.15) is 6.85 Å². The molecule has 0 fully saturated rings. The van der Waals surface area contributed by atoms with Crippen molar-refractivity contribution in [3.63, 3.8) is 0 Å². The van der Waals surface area contributed by atoms with E-state index in [2.05, 4.69) is 0 Å². The number of rotatable bonds is 1. The highest BCUT2D eigenvalue weighted by molar-refractivity contribution is 7.27. The second-order valence-corrected chi connectivity index (χ2v) is 4.33. The molecule has 78 valence electrons. The molecule has 2 nitrogen and oxygen atoms in total. The van der Waals surface area contributed by atoms with Gasteiger partial charge in [0.05, 0.1) is 6.85 Å². The molecule has 0 atom stereocenters. The molecule has 1 heterocycles. The third-order valence-corrected chi connectivity index (χ3v) is 3.52. The minimum absolute atomic E-state index is 0.0523. The van der Waals surface area contributed by atoms with E-state index in [-0.39, 0.29) is 46.4 Å². The molecule has 0 aliphatic carbocycles. The third kappa shape index (κ3) is 1.35. The number of thiophene rings is 1. The van der Waals surface area contributed by atoms with Gasteiger partial charge in [-0.15, -0.1) is 11.3 Å². The fourth-order valence-corrected chi connectivity index (χ4v) is 2.74. The summed E-state index contributed by atoms with van der Waals surface area (Å²) in [5.41, 5.74) is 0.0810. The van der Waals surface area contributed by atoms with Crippen molar-refractivity contribution in [2.45, 2.75) is 0 Å². The normalized spacial score (nSPS) is 15.5. The van der Waals surface area contributed by atoms with Crippen molar-refractivity contribution in [2.24, 2.45) is 0 Å². The van der Waals surface area contributed by atoms with Crippen molar-refractivity contribution in [2.75, 3.05) is 0 Å². The Morgan fingerprint density at radius 1 is 1.12 bits per heavy atom. The summed E-state index contributed by atoms with van der Waals surface area (Å²) in [5, 5.41) is 19.4. The third-order valence-electron chi connectivity index (χ3n) is 2.35. The molecular formula is C12H9BO2S. The van der Waals surface area contributed by atoms with Crippen molar-refractivity contribution in [3.05, 3.63) is 42.3 Å². The Kier molecular flexibility index (Phi) is 1.31. The Hall–Kier alpha value is -1.36. The Balaban J connectivity index is 2.66. The van der Waals surface area contributed by atoms with Gasteiger partial charge in [0.15, 0.2) is 0 Å². The molecule has 16 heavy (non-hydrogen) atoms. The molecule has 1 aromatic heterocycles. The van der Waals surface area contributed by atoms with Gasteiger partial charge in [0.1, 0.15) is 0 Å². The van der Waals surface area contributed by atoms with Crippen LogP contribution < -0.4 is 5.46 Å². The standard InChI is InChI=1S/C12H9BO2S/c14-13(15)10-6-3-5-9-8-4-1-2-7-11(8)16-12(9)10/h1-7,14-15H/i1D,3D,4D,5D,7D. The van der Waals surface area contributed by atoms with Crippen LogP contribution in [-0.4, -0.2) is 17.2 Å². The maximum atomic E-state index is 9.44. The van der Waals surface area contributed by atoms with Crippen LogP contribution in [0.5, 0.6) is 0 Å². The van der Waals surface area contributed by atoms with Crippen LogP contribution >= 0.6 is 11.3 Å². The lowest BCUT2D eigenvalue weighted by Gasteiger charge is -1.99. The molecule has 0 aliphatic heterocycles. The summed E-state index contributed by atoms with van der Waals surface area (Å²) >= 11 is 1.07. The van der Waals surface area contributed by atoms with Crippen LogP contribution in [0.25, 0.3) is 20.2 Å². The van der Waals surface area contributed by atoms with Crippen molar-refractivity contribution in [3.8, 4) is 0 Å². The van der Waals surface area contributed by atoms with E-state index >= 15 is 0 Å². The summed E-state index contributed by atoms with van der Waals surface area (Å²) in [6, 6.07) is 1.93. The second-order valence-electron chi connectivity index (χ2n) is 3.31. The van der Waals surface area contributed by atoms with Gasteiger partial charge in [0, 0.05) is 14.8 Å². The fourth-order valence-electron chi connectivity index (χ4n) is 1.63. The molecule has 4 heteroatoms. The second kappa shape index (κ2) is 3.59. The van der Waals surface area contributed by atoms with Crippen LogP contribution in [0.2, 0.25) is 0 Å². The predicted molar refractivity (Wildman–Crippen MR) is 69.2 cm³/mol. The zero-order chi connectivity index (χ0) is 15.5. The monoisotopic (exact) mass is 233 g/mol. The summed E-state index contributed by atoms with van der Waals surface area (Å²) in [5.74, 6) is 0. The van der Waals surface area contributed by atoms with E-state index in [4.69, 9.17) is 6.85 Å². The van der Waals surface area contributed by atoms with E-state index in [1.54, 1.807) is 0 Å². The Labute approximate surface area is 104 Å². The van der Waals surface area contributed by atoms with Gasteiger partial charge in [-0.25, -0.2) is 0 Å². The van der Waals surface area contributed by atoms with E-state index in [0.717, 1.165) is 11.3 Å². The average molecular weight is 233 g/mol. The summed E-state index contributed by atoms with van der Waals surface area (Å²) < 4.78 is 40.2. The molecule has 0 spiro atoms. The molecule has 3 rings (SSSR count). The SMILES string of the molecule is [2H]c1cc([2H])c2sc3c(B(O)O)cc([2H])c([2H])c3c2c1[2H]. The summed E-state index contributed by atoms with van der Waals surface area (Å²) in [6.07, 6.45) is 0. The highest BCUT2D eigenvalue weighted by Gasteiger charge is 2.16. The maximum absolute atomic E-state index is 9.44. The van der Waals surface area contributed by atoms with Crippen LogP contribution in [0.3, 0.4) is 0 Å². The Morgan fingerprint density at radius 3 is 2.75 bits per heavy atom. The van der Waals surface area contributed by atoms with E-state index in [1.165, 1.54) is 12.1 Å². The first-order valence-electron chi connectivity index (χ1n) is 7.12. The summed E-state index contributed by atoms with van der Waals surface area (Å²) in [7, 11) is -1.80. The highest BCUT2D eigenvalue weighted by Crippen LogP contribution is 2.32. The largest absolute Gasteiger partial charge is 0.489 e. The quantitative estimate of drug-likeness (QED) is 0.628. The first kappa shape index (κ1) is 5.82. The number of benzene rings is 2. The molecule has 0 saturated carbocycles. The van der Waals surface area contributed by atoms with E-state index in [1.807, 2.05) is 0 Å². The first-order valence-corrected chi connectivity index (χ1v) is 5.43. The molecule has 0 radical (unpaired) electrons. The van der Waals surface area contributed by atoms with Gasteiger partial charge in [-0.2, -0.15) is 0 Å². The van der Waals surface area contributed by atoms with Crippen LogP contribution in [0, 0.1) is 0 Å². The van der Waals surface area contributed by atoms with Gasteiger partial charge in [0.2, 0.25) is 0 Å². The van der Waals surface area contributed by atoms with Crippen molar-refractivity contribution < 1.29 is 16.9 Å². The Morgan fingerprint density at radius 2 is 1.94 bits per heavy atom. The Bertz CT molecular complexity index is 893. The van der Waals surface area contributed by atoms with E-state index in [0.29, 0.717) is 9.40 Å². The average Bonchev–Trinajstić information content (AvgIpc) is 2.81. The molecule has 0 unspecified atom stereocenters. The highest BCUT2D eigenvalue weighted by atomic mass is 32.1. The first-order chi connectivity index (χ1) is 9.82. The summed E-state index contributed by atoms with van der Waals surface area (Å²) in [4.78, 5) is 0. The minimum Gasteiger partial charge on any atom is -0.423 e. The predicted octanol–water partition coefficient (Wildman–Crippen LogP) is 1.73. The van der Waals surface area contributed by atoms with Gasteiger partial charge in [0.25, 0.3) is 0 Å². The van der Waals surface area contributed by atoms with Crippen molar-refractivity contribution in [1.82, 2.24) is 0 Å². The van der Waals surface area contributed by atoms with E-state index in [9.17, 15) is 10.0 Å². The molecule has 2 aromatic carbocycles. The lowest BCUT2D eigenvalue weighted by atomic mass is 9.80. The minimum atomic E-state index is -1.80. The lowest BCUT2D eigenvalue weighted by Crippen LogP contribution is -2.29. The topological polar surface area (TPSA) is 40.5 Å². The molecular weight excluding hydrogens is 219 g/mol. The van der Waals surface area contributed by atoms with Gasteiger partial charge in [-0.3, -0.25) is 0 Å². The lowest BCUT2D eigenvalue weighted by molar-refractivity contribution is 0.426. The zero-order valence-electron chi connectivity index (χ0n) is 13.0. The van der Waals surface area contributed by atoms with Crippen LogP contribution in [0.4, 0.5) is 0 Å². The number of hydrogen-bond acceptors (Lipinski definition) is 3. The summed E-state index contributed by atoms with van der Waals surface area (Å²) in [6.45, 7) is 0. The maximum Gasteiger partial charge on any atom is 0.489 e. The molecule has 3 aromatic rings. The van der Waals surface area contributed by atoms with Gasteiger partial charge < -0.3 is 10.0 Å². The van der Waals surface area contributed by atoms with Gasteiger partial charge in [-0.05, 0) is 16.9 Å². The number of hydrogen-bond donors (Lipinski definition) is 2. The van der Waals surface area contributed by atoms with Crippen molar-refractivity contribution in [1.29, 1.82) is 0 Å². The van der Waals surface area contributed by atoms with Gasteiger partial charge in [-0.1, -0.05) is 36.3 Å². The molecule has 0 saturated heterocycles. The zero-order valence-corrected chi connectivity index (χ0v) is 8.85. The fraction of sp³-hybridized carbons (Fsp3) is 0. The van der Waals surface area contributed by atoms with E-state index < -0.39 is 7.12 Å². The molecule has 0 amide bonds.